The van der Waals surface area contributed by atoms with Crippen molar-refractivity contribution in [2.45, 2.75) is 27.7 Å². The second-order valence-corrected chi connectivity index (χ2v) is 13.5. The fraction of sp³-hybridized carbons (Fsp3) is 0.0769. The number of benzene rings is 7. The number of hydrogen-bond donors (Lipinski definition) is 0. The molecule has 8 rings (SSSR count). The standard InChI is InChI=1S/C39H33N.C13H12/c1-5-14-32(27(3)6-2)35-25-30(22-21-28(35)4)31-23-24-39-36(26-31)34-18-11-13-20-38(34)40(39)37-19-12-10-17-33(37)29-15-8-7-9-16-29;1-11-7-9-13(10-8-11)12-5-3-2-4-6-12/h5-26H,2H2,1,3-4H3;2-10H,1H3/b14-5-,32-27+;. The van der Waals surface area contributed by atoms with Gasteiger partial charge < -0.3 is 4.57 Å². The van der Waals surface area contributed by atoms with E-state index in [1.54, 1.807) is 0 Å². The Hall–Kier alpha value is -6.44. The average Bonchev–Trinajstić information content (AvgIpc) is 3.55. The highest BCUT2D eigenvalue weighted by molar-refractivity contribution is 6.11. The summed E-state index contributed by atoms with van der Waals surface area (Å²) in [5, 5.41) is 2.51. The molecule has 0 atom stereocenters. The minimum atomic E-state index is 1.17. The fourth-order valence-corrected chi connectivity index (χ4v) is 7.12. The van der Waals surface area contributed by atoms with Gasteiger partial charge in [-0.15, -0.1) is 0 Å². The summed E-state index contributed by atoms with van der Waals surface area (Å²) in [5.74, 6) is 0. The second-order valence-electron chi connectivity index (χ2n) is 13.5. The molecule has 0 radical (unpaired) electrons. The van der Waals surface area contributed by atoms with Crippen molar-refractivity contribution in [3.8, 4) is 39.1 Å². The average molecular weight is 684 g/mol. The van der Waals surface area contributed by atoms with Gasteiger partial charge >= 0.3 is 0 Å². The van der Waals surface area contributed by atoms with Crippen LogP contribution in [-0.2, 0) is 0 Å². The quantitative estimate of drug-likeness (QED) is 0.147. The molecular formula is C52H45N. The second kappa shape index (κ2) is 15.8. The van der Waals surface area contributed by atoms with Crippen LogP contribution < -0.4 is 0 Å². The normalized spacial score (nSPS) is 11.7. The van der Waals surface area contributed by atoms with E-state index < -0.39 is 0 Å². The highest BCUT2D eigenvalue weighted by Gasteiger charge is 2.16. The third kappa shape index (κ3) is 7.34. The van der Waals surface area contributed by atoms with Gasteiger partial charge in [0, 0.05) is 16.3 Å². The molecule has 0 aliphatic rings. The molecule has 0 aliphatic carbocycles. The van der Waals surface area contributed by atoms with Gasteiger partial charge in [-0.05, 0) is 108 Å². The zero-order chi connectivity index (χ0) is 36.7. The molecule has 1 heterocycles. The molecule has 0 saturated carbocycles. The van der Waals surface area contributed by atoms with Crippen LogP contribution >= 0.6 is 0 Å². The number of aromatic nitrogens is 1. The van der Waals surface area contributed by atoms with Crippen LogP contribution in [0.25, 0.3) is 66.4 Å². The molecule has 1 heteroatoms. The molecule has 258 valence electrons. The maximum atomic E-state index is 4.02. The maximum Gasteiger partial charge on any atom is 0.0541 e. The first kappa shape index (κ1) is 35.0. The Kier molecular flexibility index (Phi) is 10.5. The molecule has 0 N–H and O–H groups in total. The zero-order valence-electron chi connectivity index (χ0n) is 31.1. The highest BCUT2D eigenvalue weighted by atomic mass is 15.0. The van der Waals surface area contributed by atoms with Gasteiger partial charge in [0.1, 0.15) is 0 Å². The number of allylic oxidation sites excluding steroid dienone is 5. The fourth-order valence-electron chi connectivity index (χ4n) is 7.12. The van der Waals surface area contributed by atoms with Crippen LogP contribution in [-0.4, -0.2) is 4.57 Å². The van der Waals surface area contributed by atoms with Gasteiger partial charge in [-0.3, -0.25) is 0 Å². The van der Waals surface area contributed by atoms with E-state index in [0.29, 0.717) is 0 Å². The Balaban J connectivity index is 0.000000281. The van der Waals surface area contributed by atoms with Crippen molar-refractivity contribution < 1.29 is 0 Å². The lowest BCUT2D eigenvalue weighted by Gasteiger charge is -2.14. The van der Waals surface area contributed by atoms with Crippen molar-refractivity contribution in [3.63, 3.8) is 0 Å². The molecule has 1 nitrogen and oxygen atoms in total. The van der Waals surface area contributed by atoms with Gasteiger partial charge in [-0.25, -0.2) is 0 Å². The van der Waals surface area contributed by atoms with E-state index in [4.69, 9.17) is 0 Å². The summed E-state index contributed by atoms with van der Waals surface area (Å²) in [6, 6.07) is 60.8. The van der Waals surface area contributed by atoms with Crippen molar-refractivity contribution in [2.75, 3.05) is 0 Å². The van der Waals surface area contributed by atoms with Crippen LogP contribution in [0.1, 0.15) is 30.5 Å². The number of rotatable bonds is 7. The SMILES string of the molecule is C=C/C(C)=C(\C=C/C)c1cc(-c2ccc3c(c2)c2ccccc2n3-c2ccccc2-c2ccccc2)ccc1C.Cc1ccc(-c2ccccc2)cc1. The molecular weight excluding hydrogens is 639 g/mol. The minimum Gasteiger partial charge on any atom is -0.309 e. The first-order valence-electron chi connectivity index (χ1n) is 18.3. The lowest BCUT2D eigenvalue weighted by molar-refractivity contribution is 1.18. The van der Waals surface area contributed by atoms with Crippen molar-refractivity contribution in [3.05, 3.63) is 217 Å². The van der Waals surface area contributed by atoms with E-state index in [2.05, 4.69) is 215 Å². The highest BCUT2D eigenvalue weighted by Crippen LogP contribution is 2.38. The molecule has 53 heavy (non-hydrogen) atoms. The molecule has 7 aromatic carbocycles. The molecule has 0 unspecified atom stereocenters. The minimum absolute atomic E-state index is 1.17. The van der Waals surface area contributed by atoms with Crippen LogP contribution in [0.4, 0.5) is 0 Å². The third-order valence-corrected chi connectivity index (χ3v) is 9.99. The number of para-hydroxylation sites is 2. The Bertz CT molecular complexity index is 2580. The number of aryl methyl sites for hydroxylation is 2. The lowest BCUT2D eigenvalue weighted by Crippen LogP contribution is -1.97. The van der Waals surface area contributed by atoms with Gasteiger partial charge in [-0.2, -0.15) is 0 Å². The van der Waals surface area contributed by atoms with Gasteiger partial charge in [0.25, 0.3) is 0 Å². The number of nitrogens with zero attached hydrogens (tertiary/aromatic N) is 1. The molecule has 0 saturated heterocycles. The van der Waals surface area contributed by atoms with E-state index in [1.807, 2.05) is 12.1 Å². The van der Waals surface area contributed by atoms with Gasteiger partial charge in [0.15, 0.2) is 0 Å². The van der Waals surface area contributed by atoms with E-state index in [-0.39, 0.29) is 0 Å². The lowest BCUT2D eigenvalue weighted by atomic mass is 9.92. The van der Waals surface area contributed by atoms with Gasteiger partial charge in [0.05, 0.1) is 16.7 Å². The molecule has 0 bridgehead atoms. The molecule has 1 aromatic heterocycles. The first-order valence-corrected chi connectivity index (χ1v) is 18.3. The smallest absolute Gasteiger partial charge is 0.0541 e. The van der Waals surface area contributed by atoms with E-state index in [0.717, 1.165) is 0 Å². The molecule has 0 fully saturated rings. The number of hydrogen-bond acceptors (Lipinski definition) is 0. The third-order valence-electron chi connectivity index (χ3n) is 9.99. The van der Waals surface area contributed by atoms with Crippen LogP contribution in [0, 0.1) is 13.8 Å². The molecule has 0 aliphatic heterocycles. The summed E-state index contributed by atoms with van der Waals surface area (Å²) >= 11 is 0. The zero-order valence-corrected chi connectivity index (χ0v) is 31.1. The van der Waals surface area contributed by atoms with Crippen molar-refractivity contribution in [2.24, 2.45) is 0 Å². The summed E-state index contributed by atoms with van der Waals surface area (Å²) in [7, 11) is 0. The molecule has 8 aromatic rings. The van der Waals surface area contributed by atoms with E-state index in [9.17, 15) is 0 Å². The summed E-state index contributed by atoms with van der Waals surface area (Å²) in [5.41, 5.74) is 17.2. The summed E-state index contributed by atoms with van der Waals surface area (Å²) < 4.78 is 2.41. The monoisotopic (exact) mass is 683 g/mol. The Morgan fingerprint density at radius 1 is 0.528 bits per heavy atom. The van der Waals surface area contributed by atoms with Crippen LogP contribution in [0.2, 0.25) is 0 Å². The summed E-state index contributed by atoms with van der Waals surface area (Å²) in [6.07, 6.45) is 6.22. The van der Waals surface area contributed by atoms with Crippen molar-refractivity contribution in [1.82, 2.24) is 4.57 Å². The van der Waals surface area contributed by atoms with Crippen LogP contribution in [0.3, 0.4) is 0 Å². The Morgan fingerprint density at radius 3 is 1.81 bits per heavy atom. The van der Waals surface area contributed by atoms with Crippen LogP contribution in [0.15, 0.2) is 200 Å². The largest absolute Gasteiger partial charge is 0.309 e. The summed E-state index contributed by atoms with van der Waals surface area (Å²) in [4.78, 5) is 0. The van der Waals surface area contributed by atoms with E-state index in [1.165, 1.54) is 88.7 Å². The van der Waals surface area contributed by atoms with Gasteiger partial charge in [0.2, 0.25) is 0 Å². The summed E-state index contributed by atoms with van der Waals surface area (Å²) in [6.45, 7) is 12.5. The van der Waals surface area contributed by atoms with Gasteiger partial charge in [-0.1, -0.05) is 170 Å². The predicted molar refractivity (Wildman–Crippen MR) is 231 cm³/mol. The first-order chi connectivity index (χ1) is 26.0. The topological polar surface area (TPSA) is 4.93 Å². The number of fused-ring (bicyclic) bond motifs is 3. The molecule has 0 amide bonds. The van der Waals surface area contributed by atoms with Crippen molar-refractivity contribution in [1.29, 1.82) is 0 Å². The predicted octanol–water partition coefficient (Wildman–Crippen LogP) is 14.6. The van der Waals surface area contributed by atoms with Crippen molar-refractivity contribution >= 4 is 27.4 Å². The van der Waals surface area contributed by atoms with Crippen LogP contribution in [0.5, 0.6) is 0 Å². The molecule has 0 spiro atoms. The van der Waals surface area contributed by atoms with E-state index >= 15 is 0 Å². The Labute approximate surface area is 314 Å². The Morgan fingerprint density at radius 2 is 1.09 bits per heavy atom. The maximum absolute atomic E-state index is 4.02.